The molecule has 0 aliphatic heterocycles. The maximum absolute atomic E-state index is 8.45. The quantitative estimate of drug-likeness (QED) is 0.735. The molecule has 0 atom stereocenters. The molecule has 2 nitrogen and oxygen atoms in total. The molecule has 0 radical (unpaired) electrons. The van der Waals surface area contributed by atoms with Crippen LogP contribution in [0.4, 0.5) is 0 Å². The van der Waals surface area contributed by atoms with Crippen LogP contribution in [0.3, 0.4) is 0 Å². The summed E-state index contributed by atoms with van der Waals surface area (Å²) in [4.78, 5) is 0. The van der Waals surface area contributed by atoms with Crippen molar-refractivity contribution in [2.24, 2.45) is 0 Å². The lowest BCUT2D eigenvalue weighted by Gasteiger charge is -2.08. The van der Waals surface area contributed by atoms with E-state index < -0.39 is 0 Å². The van der Waals surface area contributed by atoms with Crippen molar-refractivity contribution in [1.29, 1.82) is 5.26 Å². The van der Waals surface area contributed by atoms with Crippen molar-refractivity contribution in [2.75, 3.05) is 0 Å². The molecule has 0 spiro atoms. The predicted molar refractivity (Wildman–Crippen MR) is 81.9 cm³/mol. The summed E-state index contributed by atoms with van der Waals surface area (Å²) >= 11 is 11.9. The molecule has 0 aliphatic rings. The Morgan fingerprint density at radius 3 is 2.50 bits per heavy atom. The third-order valence-electron chi connectivity index (χ3n) is 2.64. The van der Waals surface area contributed by atoms with E-state index in [1.807, 2.05) is 36.4 Å². The van der Waals surface area contributed by atoms with Gasteiger partial charge in [0, 0.05) is 21.7 Å². The smallest absolute Gasteiger partial charge is 0.119 e. The van der Waals surface area contributed by atoms with Gasteiger partial charge in [0.15, 0.2) is 0 Å². The third-order valence-corrected chi connectivity index (χ3v) is 3.23. The number of hydrogen-bond acceptors (Lipinski definition) is 2. The normalized spacial score (nSPS) is 10.4. The van der Waals surface area contributed by atoms with Gasteiger partial charge in [-0.1, -0.05) is 41.4 Å². The summed E-state index contributed by atoms with van der Waals surface area (Å²) in [5, 5.41) is 9.65. The van der Waals surface area contributed by atoms with Crippen LogP contribution in [0.25, 0.3) is 6.08 Å². The average molecular weight is 304 g/mol. The van der Waals surface area contributed by atoms with Crippen LogP contribution in [-0.4, -0.2) is 0 Å². The van der Waals surface area contributed by atoms with E-state index in [0.717, 1.165) is 16.9 Å². The second-order valence-corrected chi connectivity index (χ2v) is 4.90. The minimum absolute atomic E-state index is 0.378. The van der Waals surface area contributed by atoms with E-state index in [1.54, 1.807) is 18.2 Å². The summed E-state index contributed by atoms with van der Waals surface area (Å²) in [6.07, 6.45) is 3.17. The summed E-state index contributed by atoms with van der Waals surface area (Å²) in [5.74, 6) is 0.741. The van der Waals surface area contributed by atoms with Crippen LogP contribution in [0.1, 0.15) is 11.1 Å². The third kappa shape index (κ3) is 4.03. The molecular formula is C16H11Cl2NO. The molecule has 0 heterocycles. The summed E-state index contributed by atoms with van der Waals surface area (Å²) in [6, 6.07) is 14.7. The van der Waals surface area contributed by atoms with Crippen LogP contribution in [0.2, 0.25) is 10.0 Å². The van der Waals surface area contributed by atoms with Gasteiger partial charge in [0.05, 0.1) is 6.07 Å². The number of halogens is 2. The SMILES string of the molecule is N#C/C=C/c1ccc(OCc2ccc(Cl)cc2Cl)cc1. The monoisotopic (exact) mass is 303 g/mol. The maximum Gasteiger partial charge on any atom is 0.119 e. The van der Waals surface area contributed by atoms with Gasteiger partial charge in [0.2, 0.25) is 0 Å². The van der Waals surface area contributed by atoms with Crippen LogP contribution in [-0.2, 0) is 6.61 Å². The van der Waals surface area contributed by atoms with E-state index in [4.69, 9.17) is 33.2 Å². The van der Waals surface area contributed by atoms with E-state index in [-0.39, 0.29) is 0 Å². The summed E-state index contributed by atoms with van der Waals surface area (Å²) in [7, 11) is 0. The minimum atomic E-state index is 0.378. The average Bonchev–Trinajstić information content (AvgIpc) is 2.45. The molecule has 0 amide bonds. The molecule has 2 aromatic rings. The Balaban J connectivity index is 2.00. The maximum atomic E-state index is 8.45. The highest BCUT2D eigenvalue weighted by Crippen LogP contribution is 2.23. The van der Waals surface area contributed by atoms with Crippen LogP contribution in [0.5, 0.6) is 5.75 Å². The molecule has 4 heteroatoms. The molecular weight excluding hydrogens is 293 g/mol. The Hall–Kier alpha value is -1.95. The number of nitrogens with zero attached hydrogens (tertiary/aromatic N) is 1. The molecule has 0 saturated carbocycles. The molecule has 0 N–H and O–H groups in total. The zero-order chi connectivity index (χ0) is 14.4. The molecule has 0 bridgehead atoms. The van der Waals surface area contributed by atoms with E-state index in [0.29, 0.717) is 16.7 Å². The van der Waals surface area contributed by atoms with Crippen molar-refractivity contribution in [1.82, 2.24) is 0 Å². The first kappa shape index (κ1) is 14.5. The van der Waals surface area contributed by atoms with Crippen LogP contribution >= 0.6 is 23.2 Å². The molecule has 0 saturated heterocycles. The van der Waals surface area contributed by atoms with Crippen LogP contribution < -0.4 is 4.74 Å². The predicted octanol–water partition coefficient (Wildman–Crippen LogP) is 5.11. The fourth-order valence-electron chi connectivity index (χ4n) is 1.61. The first-order valence-electron chi connectivity index (χ1n) is 5.92. The lowest BCUT2D eigenvalue weighted by atomic mass is 10.2. The van der Waals surface area contributed by atoms with Crippen molar-refractivity contribution < 1.29 is 4.74 Å². The second-order valence-electron chi connectivity index (χ2n) is 4.06. The molecule has 20 heavy (non-hydrogen) atoms. The molecule has 0 aliphatic carbocycles. The van der Waals surface area contributed by atoms with Gasteiger partial charge >= 0.3 is 0 Å². The Labute approximate surface area is 127 Å². The first-order valence-corrected chi connectivity index (χ1v) is 6.67. The Morgan fingerprint density at radius 1 is 1.10 bits per heavy atom. The number of benzene rings is 2. The minimum Gasteiger partial charge on any atom is -0.489 e. The first-order chi connectivity index (χ1) is 9.69. The zero-order valence-electron chi connectivity index (χ0n) is 10.5. The lowest BCUT2D eigenvalue weighted by molar-refractivity contribution is 0.306. The van der Waals surface area contributed by atoms with Gasteiger partial charge in [-0.3, -0.25) is 0 Å². The van der Waals surface area contributed by atoms with Crippen LogP contribution in [0, 0.1) is 11.3 Å². The molecule has 100 valence electrons. The van der Waals surface area contributed by atoms with Gasteiger partial charge in [0.1, 0.15) is 12.4 Å². The van der Waals surface area contributed by atoms with Gasteiger partial charge in [-0.2, -0.15) is 5.26 Å². The van der Waals surface area contributed by atoms with Crippen molar-refractivity contribution in [3.8, 4) is 11.8 Å². The summed E-state index contributed by atoms with van der Waals surface area (Å²) in [6.45, 7) is 0.378. The highest BCUT2D eigenvalue weighted by atomic mass is 35.5. The van der Waals surface area contributed by atoms with Crippen molar-refractivity contribution in [3.63, 3.8) is 0 Å². The lowest BCUT2D eigenvalue weighted by Crippen LogP contribution is -1.96. The zero-order valence-corrected chi connectivity index (χ0v) is 12.0. The van der Waals surface area contributed by atoms with E-state index in [1.165, 1.54) is 6.08 Å². The number of rotatable bonds is 4. The standard InChI is InChI=1S/C16H11Cl2NO/c17-14-6-5-13(16(18)10-14)11-20-15-7-3-12(4-8-15)2-1-9-19/h1-8,10H,11H2/b2-1+. The van der Waals surface area contributed by atoms with Crippen LogP contribution in [0.15, 0.2) is 48.5 Å². The van der Waals surface area contributed by atoms with Gasteiger partial charge in [-0.05, 0) is 35.9 Å². The number of ether oxygens (including phenoxy) is 1. The summed E-state index contributed by atoms with van der Waals surface area (Å²) < 4.78 is 5.66. The summed E-state index contributed by atoms with van der Waals surface area (Å²) in [5.41, 5.74) is 1.83. The van der Waals surface area contributed by atoms with E-state index in [2.05, 4.69) is 0 Å². The van der Waals surface area contributed by atoms with E-state index >= 15 is 0 Å². The highest BCUT2D eigenvalue weighted by Gasteiger charge is 2.02. The van der Waals surface area contributed by atoms with Gasteiger partial charge in [-0.25, -0.2) is 0 Å². The van der Waals surface area contributed by atoms with E-state index in [9.17, 15) is 0 Å². The number of nitriles is 1. The fraction of sp³-hybridized carbons (Fsp3) is 0.0625. The molecule has 2 rings (SSSR count). The van der Waals surface area contributed by atoms with Crippen molar-refractivity contribution in [3.05, 3.63) is 69.7 Å². The molecule has 0 unspecified atom stereocenters. The van der Waals surface area contributed by atoms with Gasteiger partial charge in [-0.15, -0.1) is 0 Å². The Kier molecular flexibility index (Phi) is 5.06. The molecule has 0 aromatic heterocycles. The molecule has 2 aromatic carbocycles. The number of hydrogen-bond donors (Lipinski definition) is 0. The fourth-order valence-corrected chi connectivity index (χ4v) is 2.07. The largest absolute Gasteiger partial charge is 0.489 e. The van der Waals surface area contributed by atoms with Crippen molar-refractivity contribution >= 4 is 29.3 Å². The number of allylic oxidation sites excluding steroid dienone is 1. The van der Waals surface area contributed by atoms with Gasteiger partial charge in [0.25, 0.3) is 0 Å². The molecule has 0 fully saturated rings. The Morgan fingerprint density at radius 2 is 1.85 bits per heavy atom. The van der Waals surface area contributed by atoms with Crippen molar-refractivity contribution in [2.45, 2.75) is 6.61 Å². The topological polar surface area (TPSA) is 33.0 Å². The highest BCUT2D eigenvalue weighted by molar-refractivity contribution is 6.35. The van der Waals surface area contributed by atoms with Gasteiger partial charge < -0.3 is 4.74 Å². The Bertz CT molecular complexity index is 657. The second kappa shape index (κ2) is 7.00.